The number of piperidine rings is 2. The molecule has 0 saturated carbocycles. The second-order valence-electron chi connectivity index (χ2n) is 12.4. The fraction of sp³-hybridized carbons (Fsp3) is 0.424. The minimum Gasteiger partial charge on any atom is -0.369 e. The lowest BCUT2D eigenvalue weighted by atomic mass is 9.83. The average molecular weight is 591 g/mol. The van der Waals surface area contributed by atoms with Gasteiger partial charge in [-0.2, -0.15) is 0 Å². The molecule has 4 atom stereocenters. The Morgan fingerprint density at radius 2 is 1.71 bits per heavy atom. The molecule has 0 spiro atoms. The van der Waals surface area contributed by atoms with Gasteiger partial charge in [0.15, 0.2) is 0 Å². The number of carbonyl (C=O) groups excluding carboxylic acids is 2. The van der Waals surface area contributed by atoms with E-state index >= 15 is 0 Å². The zero-order chi connectivity index (χ0) is 29.5. The Bertz CT molecular complexity index is 1560. The normalized spacial score (nSPS) is 23.3. The maximum absolute atomic E-state index is 14.5. The van der Waals surface area contributed by atoms with Crippen LogP contribution in [-0.2, 0) is 17.8 Å². The zero-order valence-electron chi connectivity index (χ0n) is 24.0. The minimum atomic E-state index is -0.534. The van der Waals surface area contributed by atoms with E-state index in [0.29, 0.717) is 55.8 Å². The van der Waals surface area contributed by atoms with Gasteiger partial charge in [0.1, 0.15) is 5.82 Å². The van der Waals surface area contributed by atoms with Crippen LogP contribution in [0, 0.1) is 23.6 Å². The van der Waals surface area contributed by atoms with Crippen LogP contribution in [0.5, 0.6) is 0 Å². The number of hydrogen-bond acceptors (Lipinski definition) is 4. The summed E-state index contributed by atoms with van der Waals surface area (Å²) in [5.74, 6) is 0.278. The molecule has 3 aliphatic heterocycles. The number of pyridine rings is 1. The van der Waals surface area contributed by atoms with Gasteiger partial charge in [0.2, 0.25) is 5.91 Å². The Morgan fingerprint density at radius 1 is 0.952 bits per heavy atom. The van der Waals surface area contributed by atoms with Gasteiger partial charge in [-0.25, -0.2) is 4.39 Å². The molecule has 2 fully saturated rings. The van der Waals surface area contributed by atoms with Gasteiger partial charge in [0, 0.05) is 66.6 Å². The summed E-state index contributed by atoms with van der Waals surface area (Å²) in [5.41, 5.74) is 3.02. The summed E-state index contributed by atoms with van der Waals surface area (Å²) in [6.45, 7) is 7.77. The monoisotopic (exact) mass is 590 g/mol. The van der Waals surface area contributed by atoms with Crippen LogP contribution in [0.3, 0.4) is 0 Å². The van der Waals surface area contributed by atoms with E-state index in [0.717, 1.165) is 24.2 Å². The van der Waals surface area contributed by atoms with Crippen molar-refractivity contribution in [3.8, 4) is 0 Å². The third-order valence-corrected chi connectivity index (χ3v) is 9.25. The fourth-order valence-electron chi connectivity index (χ4n) is 7.21. The molecule has 220 valence electrons. The van der Waals surface area contributed by atoms with Gasteiger partial charge >= 0.3 is 0 Å². The van der Waals surface area contributed by atoms with Gasteiger partial charge in [0.25, 0.3) is 11.5 Å². The van der Waals surface area contributed by atoms with E-state index in [1.165, 1.54) is 12.1 Å². The molecule has 4 heterocycles. The largest absolute Gasteiger partial charge is 0.369 e. The predicted molar refractivity (Wildman–Crippen MR) is 163 cm³/mol. The smallest absolute Gasteiger partial charge is 0.253 e. The van der Waals surface area contributed by atoms with E-state index in [1.807, 2.05) is 33.7 Å². The summed E-state index contributed by atoms with van der Waals surface area (Å²) < 4.78 is 16.4. The Labute approximate surface area is 250 Å². The lowest BCUT2D eigenvalue weighted by Gasteiger charge is -2.44. The molecule has 7 nitrogen and oxygen atoms in total. The van der Waals surface area contributed by atoms with Crippen molar-refractivity contribution in [3.05, 3.63) is 92.6 Å². The highest BCUT2D eigenvalue weighted by Crippen LogP contribution is 2.39. The third-order valence-electron chi connectivity index (χ3n) is 8.89. The van der Waals surface area contributed by atoms with Crippen molar-refractivity contribution in [2.45, 2.75) is 45.6 Å². The maximum Gasteiger partial charge on any atom is 0.253 e. The molecule has 1 aromatic heterocycles. The SMILES string of the molecule is C[C@@H]1C[C@H](C)CN(C(=O)c2ccc(N3C[C@H]4C[C@@H](C3)c3cccc(=O)n3C4)c(NC(=O)Cc3c(F)cccc3Cl)c2)C1. The van der Waals surface area contributed by atoms with Crippen LogP contribution in [-0.4, -0.2) is 47.5 Å². The maximum atomic E-state index is 14.5. The van der Waals surface area contributed by atoms with Crippen LogP contribution < -0.4 is 15.8 Å². The Kier molecular flexibility index (Phi) is 7.83. The van der Waals surface area contributed by atoms with Crippen LogP contribution in [0.2, 0.25) is 5.02 Å². The number of anilines is 2. The number of hydrogen-bond donors (Lipinski definition) is 1. The molecule has 6 rings (SSSR count). The molecule has 0 aliphatic carbocycles. The summed E-state index contributed by atoms with van der Waals surface area (Å²) in [7, 11) is 0. The lowest BCUT2D eigenvalue weighted by molar-refractivity contribution is -0.115. The van der Waals surface area contributed by atoms with Crippen molar-refractivity contribution >= 4 is 34.8 Å². The van der Waals surface area contributed by atoms with Gasteiger partial charge in [-0.15, -0.1) is 0 Å². The second-order valence-corrected chi connectivity index (χ2v) is 12.8. The highest BCUT2D eigenvalue weighted by molar-refractivity contribution is 6.31. The number of amides is 2. The first-order chi connectivity index (χ1) is 20.2. The molecule has 42 heavy (non-hydrogen) atoms. The number of likely N-dealkylation sites (tertiary alicyclic amines) is 1. The Balaban J connectivity index is 1.32. The first kappa shape index (κ1) is 28.5. The van der Waals surface area contributed by atoms with Gasteiger partial charge in [-0.1, -0.05) is 37.6 Å². The molecule has 2 bridgehead atoms. The molecular formula is C33H36ClFN4O3. The number of rotatable bonds is 5. The van der Waals surface area contributed by atoms with E-state index in [1.54, 1.807) is 18.2 Å². The van der Waals surface area contributed by atoms with Gasteiger partial charge in [0.05, 0.1) is 17.8 Å². The van der Waals surface area contributed by atoms with Crippen molar-refractivity contribution < 1.29 is 14.0 Å². The molecule has 0 unspecified atom stereocenters. The van der Waals surface area contributed by atoms with E-state index in [-0.39, 0.29) is 40.3 Å². The first-order valence-corrected chi connectivity index (χ1v) is 15.1. The molecular weight excluding hydrogens is 555 g/mol. The number of carbonyl (C=O) groups is 2. The van der Waals surface area contributed by atoms with Crippen LogP contribution in [0.15, 0.2) is 59.4 Å². The molecule has 2 aromatic carbocycles. The molecule has 2 saturated heterocycles. The lowest BCUT2D eigenvalue weighted by Crippen LogP contribution is -2.47. The molecule has 0 radical (unpaired) electrons. The van der Waals surface area contributed by atoms with Crippen molar-refractivity contribution in [1.82, 2.24) is 9.47 Å². The minimum absolute atomic E-state index is 0.0274. The van der Waals surface area contributed by atoms with E-state index < -0.39 is 11.7 Å². The quantitative estimate of drug-likeness (QED) is 0.422. The highest BCUT2D eigenvalue weighted by Gasteiger charge is 2.36. The van der Waals surface area contributed by atoms with E-state index in [2.05, 4.69) is 24.1 Å². The fourth-order valence-corrected chi connectivity index (χ4v) is 7.44. The summed E-state index contributed by atoms with van der Waals surface area (Å²) in [6.07, 6.45) is 1.86. The summed E-state index contributed by atoms with van der Waals surface area (Å²) >= 11 is 6.21. The molecule has 9 heteroatoms. The number of aromatic nitrogens is 1. The van der Waals surface area contributed by atoms with Crippen molar-refractivity contribution in [1.29, 1.82) is 0 Å². The molecule has 1 N–H and O–H groups in total. The Hall–Kier alpha value is -3.65. The zero-order valence-corrected chi connectivity index (χ0v) is 24.7. The van der Waals surface area contributed by atoms with Crippen molar-refractivity contribution in [2.24, 2.45) is 17.8 Å². The van der Waals surface area contributed by atoms with Crippen molar-refractivity contribution in [2.75, 3.05) is 36.4 Å². The van der Waals surface area contributed by atoms with E-state index in [9.17, 15) is 18.8 Å². The van der Waals surface area contributed by atoms with Gasteiger partial charge in [-0.05, 0) is 67.0 Å². The summed E-state index contributed by atoms with van der Waals surface area (Å²) in [5, 5.41) is 3.18. The first-order valence-electron chi connectivity index (χ1n) is 14.8. The number of nitrogens with one attached hydrogen (secondary N) is 1. The molecule has 3 aliphatic rings. The number of halogens is 2. The summed E-state index contributed by atoms with van der Waals surface area (Å²) in [6, 6.07) is 15.3. The van der Waals surface area contributed by atoms with E-state index in [4.69, 9.17) is 11.6 Å². The average Bonchev–Trinajstić information content (AvgIpc) is 2.94. The number of fused-ring (bicyclic) bond motifs is 4. The molecule has 3 aromatic rings. The molecule has 2 amide bonds. The second kappa shape index (κ2) is 11.6. The van der Waals surface area contributed by atoms with Gasteiger partial charge in [-0.3, -0.25) is 14.4 Å². The van der Waals surface area contributed by atoms with Crippen LogP contribution >= 0.6 is 11.6 Å². The van der Waals surface area contributed by atoms with Crippen LogP contribution in [0.25, 0.3) is 0 Å². The Morgan fingerprint density at radius 3 is 2.48 bits per heavy atom. The number of benzene rings is 2. The highest BCUT2D eigenvalue weighted by atomic mass is 35.5. The van der Waals surface area contributed by atoms with Crippen LogP contribution in [0.1, 0.15) is 54.2 Å². The topological polar surface area (TPSA) is 74.7 Å². The van der Waals surface area contributed by atoms with Gasteiger partial charge < -0.3 is 19.7 Å². The number of nitrogens with zero attached hydrogens (tertiary/aromatic N) is 3. The standard InChI is InChI=1S/C33H36ClFN4O3/c1-20-11-21(2)16-38(15-20)33(42)23-9-10-30(28(13-23)36-31(40)14-25-26(34)5-3-6-27(25)35)37-17-22-12-24(19-37)29-7-4-8-32(41)39(29)18-22/h3-10,13,20-22,24H,11-12,14-19H2,1-2H3,(H,36,40)/t20-,21+,22-,24+/m1/s1. The summed E-state index contributed by atoms with van der Waals surface area (Å²) in [4.78, 5) is 43.6. The predicted octanol–water partition coefficient (Wildman–Crippen LogP) is 5.56. The van der Waals surface area contributed by atoms with Crippen LogP contribution in [0.4, 0.5) is 15.8 Å². The van der Waals surface area contributed by atoms with Crippen molar-refractivity contribution in [3.63, 3.8) is 0 Å². The third kappa shape index (κ3) is 5.69.